The third-order valence-electron chi connectivity index (χ3n) is 5.80. The van der Waals surface area contributed by atoms with Gasteiger partial charge in [0, 0.05) is 17.7 Å². The first-order chi connectivity index (χ1) is 13.6. The van der Waals surface area contributed by atoms with E-state index in [4.69, 9.17) is 4.74 Å². The molecule has 1 saturated heterocycles. The summed E-state index contributed by atoms with van der Waals surface area (Å²) < 4.78 is 6.59. The summed E-state index contributed by atoms with van der Waals surface area (Å²) in [5.74, 6) is 0.0822. The van der Waals surface area contributed by atoms with Crippen molar-refractivity contribution in [3.05, 3.63) is 82.3 Å². The van der Waals surface area contributed by atoms with Gasteiger partial charge in [0.15, 0.2) is 0 Å². The van der Waals surface area contributed by atoms with Gasteiger partial charge >= 0.3 is 0 Å². The van der Waals surface area contributed by atoms with Gasteiger partial charge in [0.2, 0.25) is 5.91 Å². The van der Waals surface area contributed by atoms with Crippen LogP contribution >= 0.6 is 15.9 Å². The summed E-state index contributed by atoms with van der Waals surface area (Å²) >= 11 is 3.49. The number of halogens is 1. The average molecular weight is 438 g/mol. The third-order valence-corrected chi connectivity index (χ3v) is 6.33. The van der Waals surface area contributed by atoms with E-state index >= 15 is 0 Å². The molecule has 4 heteroatoms. The largest absolute Gasteiger partial charge is 0.381 e. The Morgan fingerprint density at radius 1 is 1.00 bits per heavy atom. The van der Waals surface area contributed by atoms with E-state index in [2.05, 4.69) is 70.6 Å². The molecule has 0 aliphatic carbocycles. The summed E-state index contributed by atoms with van der Waals surface area (Å²) in [5.41, 5.74) is 1.64. The SMILES string of the molecule is CC(NC(=O)C1(c2ccc(Br)cc2)CCOCC1)c1ccc2ccccc2c1. The fourth-order valence-corrected chi connectivity index (χ4v) is 4.30. The molecule has 0 saturated carbocycles. The van der Waals surface area contributed by atoms with Gasteiger partial charge in [-0.05, 0) is 59.9 Å². The molecule has 1 aliphatic heterocycles. The van der Waals surface area contributed by atoms with Gasteiger partial charge in [-0.1, -0.05) is 64.5 Å². The highest BCUT2D eigenvalue weighted by Crippen LogP contribution is 2.36. The number of fused-ring (bicyclic) bond motifs is 1. The topological polar surface area (TPSA) is 38.3 Å². The standard InChI is InChI=1S/C24H24BrNO2/c1-17(19-7-6-18-4-2-3-5-20(18)16-19)26-23(27)24(12-14-28-15-13-24)21-8-10-22(25)11-9-21/h2-11,16-17H,12-15H2,1H3,(H,26,27). The van der Waals surface area contributed by atoms with Crippen molar-refractivity contribution in [2.75, 3.05) is 13.2 Å². The van der Waals surface area contributed by atoms with Gasteiger partial charge in [-0.3, -0.25) is 4.79 Å². The molecule has 1 unspecified atom stereocenters. The Kier molecular flexibility index (Phi) is 5.51. The van der Waals surface area contributed by atoms with Crippen molar-refractivity contribution in [1.82, 2.24) is 5.32 Å². The molecular formula is C24H24BrNO2. The minimum atomic E-state index is -0.538. The average Bonchev–Trinajstić information content (AvgIpc) is 2.74. The number of ether oxygens (including phenoxy) is 1. The lowest BCUT2D eigenvalue weighted by Gasteiger charge is -2.37. The lowest BCUT2D eigenvalue weighted by atomic mass is 9.73. The first kappa shape index (κ1) is 19.2. The number of hydrogen-bond acceptors (Lipinski definition) is 2. The van der Waals surface area contributed by atoms with Crippen molar-refractivity contribution in [3.63, 3.8) is 0 Å². The number of carbonyl (C=O) groups is 1. The maximum absolute atomic E-state index is 13.5. The number of amides is 1. The van der Waals surface area contributed by atoms with Crippen LogP contribution in [0, 0.1) is 0 Å². The number of rotatable bonds is 4. The Labute approximate surface area is 174 Å². The van der Waals surface area contributed by atoms with Gasteiger partial charge in [-0.15, -0.1) is 0 Å². The first-order valence-electron chi connectivity index (χ1n) is 9.72. The van der Waals surface area contributed by atoms with E-state index in [0.29, 0.717) is 26.1 Å². The fraction of sp³-hybridized carbons (Fsp3) is 0.292. The van der Waals surface area contributed by atoms with Crippen molar-refractivity contribution in [3.8, 4) is 0 Å². The molecule has 3 aromatic carbocycles. The fourth-order valence-electron chi connectivity index (χ4n) is 4.03. The van der Waals surface area contributed by atoms with Crippen molar-refractivity contribution in [2.45, 2.75) is 31.2 Å². The summed E-state index contributed by atoms with van der Waals surface area (Å²) in [5, 5.41) is 5.68. The van der Waals surface area contributed by atoms with Crippen LogP contribution in [-0.4, -0.2) is 19.1 Å². The Morgan fingerprint density at radius 3 is 2.39 bits per heavy atom. The molecule has 1 aliphatic rings. The van der Waals surface area contributed by atoms with Crippen LogP contribution in [0.3, 0.4) is 0 Å². The molecule has 28 heavy (non-hydrogen) atoms. The zero-order valence-electron chi connectivity index (χ0n) is 16.0. The Morgan fingerprint density at radius 2 is 1.68 bits per heavy atom. The second-order valence-electron chi connectivity index (χ2n) is 7.50. The number of benzene rings is 3. The Hall–Kier alpha value is -2.17. The molecule has 3 nitrogen and oxygen atoms in total. The molecular weight excluding hydrogens is 414 g/mol. The van der Waals surface area contributed by atoms with Crippen LogP contribution in [0.15, 0.2) is 71.2 Å². The van der Waals surface area contributed by atoms with Crippen LogP contribution in [0.5, 0.6) is 0 Å². The van der Waals surface area contributed by atoms with E-state index in [1.54, 1.807) is 0 Å². The van der Waals surface area contributed by atoms with Crippen LogP contribution in [0.1, 0.15) is 36.9 Å². The van der Waals surface area contributed by atoms with Gasteiger partial charge in [-0.2, -0.15) is 0 Å². The molecule has 144 valence electrons. The third kappa shape index (κ3) is 3.71. The molecule has 0 spiro atoms. The number of hydrogen-bond donors (Lipinski definition) is 1. The Balaban J connectivity index is 1.60. The predicted octanol–water partition coefficient (Wildman–Crippen LogP) is 5.53. The van der Waals surface area contributed by atoms with Crippen molar-refractivity contribution < 1.29 is 9.53 Å². The van der Waals surface area contributed by atoms with Gasteiger partial charge in [-0.25, -0.2) is 0 Å². The highest BCUT2D eigenvalue weighted by Gasteiger charge is 2.42. The molecule has 0 radical (unpaired) electrons. The van der Waals surface area contributed by atoms with E-state index in [-0.39, 0.29) is 11.9 Å². The molecule has 1 atom stereocenters. The molecule has 0 bridgehead atoms. The van der Waals surface area contributed by atoms with Crippen LogP contribution in [-0.2, 0) is 14.9 Å². The van der Waals surface area contributed by atoms with Crippen LogP contribution < -0.4 is 5.32 Å². The maximum Gasteiger partial charge on any atom is 0.231 e. The molecule has 1 amide bonds. The summed E-state index contributed by atoms with van der Waals surface area (Å²) in [6.45, 7) is 3.26. The van der Waals surface area contributed by atoms with Crippen LogP contribution in [0.4, 0.5) is 0 Å². The van der Waals surface area contributed by atoms with Crippen molar-refractivity contribution >= 4 is 32.6 Å². The molecule has 0 aromatic heterocycles. The van der Waals surface area contributed by atoms with Crippen molar-refractivity contribution in [1.29, 1.82) is 0 Å². The minimum Gasteiger partial charge on any atom is -0.381 e. The van der Waals surface area contributed by atoms with Gasteiger partial charge in [0.25, 0.3) is 0 Å². The van der Waals surface area contributed by atoms with E-state index in [1.165, 1.54) is 10.8 Å². The quantitative estimate of drug-likeness (QED) is 0.582. The highest BCUT2D eigenvalue weighted by molar-refractivity contribution is 9.10. The normalized spacial score (nSPS) is 17.2. The summed E-state index contributed by atoms with van der Waals surface area (Å²) in [6, 6.07) is 22.7. The molecule has 1 fully saturated rings. The summed E-state index contributed by atoms with van der Waals surface area (Å²) in [7, 11) is 0. The molecule has 4 rings (SSSR count). The zero-order chi connectivity index (χ0) is 19.6. The lowest BCUT2D eigenvalue weighted by molar-refractivity contribution is -0.131. The summed E-state index contributed by atoms with van der Waals surface area (Å²) in [4.78, 5) is 13.5. The smallest absolute Gasteiger partial charge is 0.231 e. The molecule has 1 heterocycles. The monoisotopic (exact) mass is 437 g/mol. The van der Waals surface area contributed by atoms with E-state index in [1.807, 2.05) is 24.3 Å². The second-order valence-corrected chi connectivity index (χ2v) is 8.42. The first-order valence-corrected chi connectivity index (χ1v) is 10.5. The number of nitrogens with one attached hydrogen (secondary N) is 1. The van der Waals surface area contributed by atoms with E-state index in [0.717, 1.165) is 15.6 Å². The Bertz CT molecular complexity index is 977. The number of carbonyl (C=O) groups excluding carboxylic acids is 1. The van der Waals surface area contributed by atoms with Crippen molar-refractivity contribution in [2.24, 2.45) is 0 Å². The second kappa shape index (κ2) is 8.06. The molecule has 1 N–H and O–H groups in total. The van der Waals surface area contributed by atoms with Gasteiger partial charge in [0.1, 0.15) is 0 Å². The summed E-state index contributed by atoms with van der Waals surface area (Å²) in [6.07, 6.45) is 1.40. The highest BCUT2D eigenvalue weighted by atomic mass is 79.9. The van der Waals surface area contributed by atoms with E-state index < -0.39 is 5.41 Å². The lowest BCUT2D eigenvalue weighted by Crippen LogP contribution is -2.48. The van der Waals surface area contributed by atoms with Crippen LogP contribution in [0.25, 0.3) is 10.8 Å². The zero-order valence-corrected chi connectivity index (χ0v) is 17.5. The van der Waals surface area contributed by atoms with E-state index in [9.17, 15) is 4.79 Å². The maximum atomic E-state index is 13.5. The minimum absolute atomic E-state index is 0.0627. The van der Waals surface area contributed by atoms with Gasteiger partial charge in [0.05, 0.1) is 11.5 Å². The van der Waals surface area contributed by atoms with Gasteiger partial charge < -0.3 is 10.1 Å². The predicted molar refractivity (Wildman–Crippen MR) is 116 cm³/mol. The molecule has 3 aromatic rings. The van der Waals surface area contributed by atoms with Crippen LogP contribution in [0.2, 0.25) is 0 Å².